The Kier molecular flexibility index (Phi) is 2.68. The fraction of sp³-hybridized carbons (Fsp3) is 0.182. The predicted octanol–water partition coefficient (Wildman–Crippen LogP) is 1.66. The van der Waals surface area contributed by atoms with Crippen LogP contribution in [0.5, 0.6) is 0 Å². The molecule has 0 fully saturated rings. The SMILES string of the molecule is CCn1ccnc1-c1cccnc1C(=O)O. The molecule has 1 N–H and O–H groups in total. The third kappa shape index (κ3) is 1.67. The average Bonchev–Trinajstić information content (AvgIpc) is 2.76. The van der Waals surface area contributed by atoms with E-state index in [4.69, 9.17) is 5.11 Å². The highest BCUT2D eigenvalue weighted by atomic mass is 16.4. The van der Waals surface area contributed by atoms with Crippen LogP contribution in [0.4, 0.5) is 0 Å². The monoisotopic (exact) mass is 217 g/mol. The molecule has 82 valence electrons. The Balaban J connectivity index is 2.60. The molecular weight excluding hydrogens is 206 g/mol. The molecular formula is C11H11N3O2. The van der Waals surface area contributed by atoms with Gasteiger partial charge in [-0.25, -0.2) is 14.8 Å². The Labute approximate surface area is 92.4 Å². The van der Waals surface area contributed by atoms with E-state index in [-0.39, 0.29) is 5.69 Å². The van der Waals surface area contributed by atoms with E-state index in [0.29, 0.717) is 11.4 Å². The highest BCUT2D eigenvalue weighted by Crippen LogP contribution is 2.20. The first kappa shape index (κ1) is 10.4. The van der Waals surface area contributed by atoms with E-state index in [2.05, 4.69) is 9.97 Å². The molecule has 0 spiro atoms. The van der Waals surface area contributed by atoms with E-state index in [9.17, 15) is 4.79 Å². The Bertz CT molecular complexity index is 519. The number of carboxylic acids is 1. The van der Waals surface area contributed by atoms with Gasteiger partial charge in [-0.15, -0.1) is 0 Å². The van der Waals surface area contributed by atoms with Crippen molar-refractivity contribution in [3.63, 3.8) is 0 Å². The van der Waals surface area contributed by atoms with Crippen LogP contribution in [-0.2, 0) is 6.54 Å². The van der Waals surface area contributed by atoms with Crippen LogP contribution in [-0.4, -0.2) is 25.6 Å². The molecule has 0 aliphatic rings. The standard InChI is InChI=1S/C11H11N3O2/c1-2-14-7-6-13-10(14)8-4-3-5-12-9(8)11(15)16/h3-7H,2H2,1H3,(H,15,16). The predicted molar refractivity (Wildman–Crippen MR) is 58.1 cm³/mol. The average molecular weight is 217 g/mol. The van der Waals surface area contributed by atoms with Crippen molar-refractivity contribution < 1.29 is 9.90 Å². The molecule has 16 heavy (non-hydrogen) atoms. The summed E-state index contributed by atoms with van der Waals surface area (Å²) in [6.45, 7) is 2.71. The summed E-state index contributed by atoms with van der Waals surface area (Å²) in [4.78, 5) is 19.0. The van der Waals surface area contributed by atoms with Gasteiger partial charge in [0.15, 0.2) is 5.69 Å². The number of aromatic nitrogens is 3. The van der Waals surface area contributed by atoms with Crippen molar-refractivity contribution in [1.82, 2.24) is 14.5 Å². The van der Waals surface area contributed by atoms with Gasteiger partial charge in [0.1, 0.15) is 5.82 Å². The van der Waals surface area contributed by atoms with Crippen LogP contribution >= 0.6 is 0 Å². The summed E-state index contributed by atoms with van der Waals surface area (Å²) in [7, 11) is 0. The number of aryl methyl sites for hydroxylation is 1. The minimum atomic E-state index is -1.04. The number of carboxylic acid groups (broad SMARTS) is 1. The summed E-state index contributed by atoms with van der Waals surface area (Å²) in [5.41, 5.74) is 0.574. The van der Waals surface area contributed by atoms with Crippen molar-refractivity contribution in [3.05, 3.63) is 36.4 Å². The lowest BCUT2D eigenvalue weighted by atomic mass is 10.2. The quantitative estimate of drug-likeness (QED) is 0.849. The van der Waals surface area contributed by atoms with Crippen molar-refractivity contribution in [2.24, 2.45) is 0 Å². The minimum absolute atomic E-state index is 0.0309. The lowest BCUT2D eigenvalue weighted by Crippen LogP contribution is -2.05. The maximum atomic E-state index is 11.0. The van der Waals surface area contributed by atoms with Gasteiger partial charge >= 0.3 is 5.97 Å². The van der Waals surface area contributed by atoms with Gasteiger partial charge in [-0.05, 0) is 19.1 Å². The molecule has 2 aromatic rings. The third-order valence-corrected chi connectivity index (χ3v) is 2.31. The molecule has 0 aromatic carbocycles. The summed E-state index contributed by atoms with van der Waals surface area (Å²) < 4.78 is 1.88. The highest BCUT2D eigenvalue weighted by molar-refractivity contribution is 5.92. The van der Waals surface area contributed by atoms with Crippen molar-refractivity contribution in [2.75, 3.05) is 0 Å². The largest absolute Gasteiger partial charge is 0.476 e. The van der Waals surface area contributed by atoms with Gasteiger partial charge in [0.25, 0.3) is 0 Å². The van der Waals surface area contributed by atoms with E-state index in [0.717, 1.165) is 6.54 Å². The Morgan fingerprint density at radius 3 is 2.94 bits per heavy atom. The van der Waals surface area contributed by atoms with Gasteiger partial charge < -0.3 is 9.67 Å². The summed E-state index contributed by atoms with van der Waals surface area (Å²) in [5.74, 6) is -0.408. The van der Waals surface area contributed by atoms with Gasteiger partial charge in [0.05, 0.1) is 5.56 Å². The minimum Gasteiger partial charge on any atom is -0.476 e. The van der Waals surface area contributed by atoms with Gasteiger partial charge in [0, 0.05) is 25.1 Å². The smallest absolute Gasteiger partial charge is 0.355 e. The molecule has 5 nitrogen and oxygen atoms in total. The summed E-state index contributed by atoms with van der Waals surface area (Å²) in [6.07, 6.45) is 4.93. The second kappa shape index (κ2) is 4.14. The molecule has 0 aliphatic heterocycles. The second-order valence-electron chi connectivity index (χ2n) is 3.24. The van der Waals surface area contributed by atoms with E-state index in [1.807, 2.05) is 17.7 Å². The number of rotatable bonds is 3. The number of aromatic carboxylic acids is 1. The molecule has 0 unspecified atom stereocenters. The van der Waals surface area contributed by atoms with Crippen LogP contribution < -0.4 is 0 Å². The maximum absolute atomic E-state index is 11.0. The number of hydrogen-bond acceptors (Lipinski definition) is 3. The van der Waals surface area contributed by atoms with Gasteiger partial charge in [-0.1, -0.05) is 0 Å². The zero-order valence-corrected chi connectivity index (χ0v) is 8.79. The van der Waals surface area contributed by atoms with Crippen LogP contribution in [0.1, 0.15) is 17.4 Å². The molecule has 0 amide bonds. The van der Waals surface area contributed by atoms with Crippen molar-refractivity contribution in [1.29, 1.82) is 0 Å². The van der Waals surface area contributed by atoms with E-state index in [1.165, 1.54) is 6.20 Å². The molecule has 2 heterocycles. The first-order valence-electron chi connectivity index (χ1n) is 4.94. The van der Waals surface area contributed by atoms with Crippen LogP contribution in [0, 0.1) is 0 Å². The molecule has 2 rings (SSSR count). The topological polar surface area (TPSA) is 68.0 Å². The molecule has 0 saturated heterocycles. The van der Waals surface area contributed by atoms with E-state index < -0.39 is 5.97 Å². The number of pyridine rings is 1. The molecule has 0 saturated carbocycles. The zero-order chi connectivity index (χ0) is 11.5. The normalized spacial score (nSPS) is 10.3. The second-order valence-corrected chi connectivity index (χ2v) is 3.24. The highest BCUT2D eigenvalue weighted by Gasteiger charge is 2.15. The number of carbonyl (C=O) groups is 1. The van der Waals surface area contributed by atoms with Crippen molar-refractivity contribution >= 4 is 5.97 Å². The number of nitrogens with zero attached hydrogens (tertiary/aromatic N) is 3. The Morgan fingerprint density at radius 2 is 2.25 bits per heavy atom. The van der Waals surface area contributed by atoms with Crippen LogP contribution in [0.25, 0.3) is 11.4 Å². The molecule has 0 atom stereocenters. The first-order chi connectivity index (χ1) is 7.74. The fourth-order valence-electron chi connectivity index (χ4n) is 1.56. The molecule has 5 heteroatoms. The zero-order valence-electron chi connectivity index (χ0n) is 8.79. The molecule has 0 aliphatic carbocycles. The Hall–Kier alpha value is -2.17. The lowest BCUT2D eigenvalue weighted by Gasteiger charge is -2.06. The van der Waals surface area contributed by atoms with Crippen molar-refractivity contribution in [3.8, 4) is 11.4 Å². The third-order valence-electron chi connectivity index (χ3n) is 2.31. The van der Waals surface area contributed by atoms with Gasteiger partial charge in [0.2, 0.25) is 0 Å². The van der Waals surface area contributed by atoms with Crippen molar-refractivity contribution in [2.45, 2.75) is 13.5 Å². The van der Waals surface area contributed by atoms with Crippen LogP contribution in [0.15, 0.2) is 30.7 Å². The van der Waals surface area contributed by atoms with Crippen LogP contribution in [0.2, 0.25) is 0 Å². The number of hydrogen-bond donors (Lipinski definition) is 1. The fourth-order valence-corrected chi connectivity index (χ4v) is 1.56. The summed E-state index contributed by atoms with van der Waals surface area (Å²) in [6, 6.07) is 3.42. The summed E-state index contributed by atoms with van der Waals surface area (Å²) >= 11 is 0. The molecule has 2 aromatic heterocycles. The summed E-state index contributed by atoms with van der Waals surface area (Å²) in [5, 5.41) is 9.03. The van der Waals surface area contributed by atoms with E-state index in [1.54, 1.807) is 18.3 Å². The lowest BCUT2D eigenvalue weighted by molar-refractivity contribution is 0.0691. The maximum Gasteiger partial charge on any atom is 0.355 e. The molecule has 0 radical (unpaired) electrons. The van der Waals surface area contributed by atoms with Gasteiger partial charge in [-0.3, -0.25) is 0 Å². The molecule has 0 bridgehead atoms. The number of imidazole rings is 1. The van der Waals surface area contributed by atoms with E-state index >= 15 is 0 Å². The van der Waals surface area contributed by atoms with Crippen LogP contribution in [0.3, 0.4) is 0 Å². The Morgan fingerprint density at radius 1 is 1.44 bits per heavy atom. The first-order valence-corrected chi connectivity index (χ1v) is 4.94. The van der Waals surface area contributed by atoms with Gasteiger partial charge in [-0.2, -0.15) is 0 Å².